The number of aliphatic hydroxyl groups excluding tert-OH is 1. The molecule has 1 saturated heterocycles. The second-order valence-electron chi connectivity index (χ2n) is 5.56. The molecule has 112 valence electrons. The molecular formula is C15H24N2O3. The molecule has 1 aromatic rings. The van der Waals surface area contributed by atoms with Gasteiger partial charge >= 0.3 is 0 Å². The normalized spacial score (nSPS) is 19.6. The number of rotatable bonds is 5. The maximum atomic E-state index is 10.5. The second-order valence-corrected chi connectivity index (χ2v) is 5.56. The van der Waals surface area contributed by atoms with Crippen LogP contribution in [-0.4, -0.2) is 47.6 Å². The summed E-state index contributed by atoms with van der Waals surface area (Å²) in [5, 5.41) is 20.2. The van der Waals surface area contributed by atoms with Crippen LogP contribution >= 0.6 is 0 Å². The molecule has 0 unspecified atom stereocenters. The van der Waals surface area contributed by atoms with Crippen LogP contribution in [0.15, 0.2) is 18.3 Å². The van der Waals surface area contributed by atoms with Gasteiger partial charge in [-0.1, -0.05) is 6.92 Å². The molecule has 0 saturated carbocycles. The summed E-state index contributed by atoms with van der Waals surface area (Å²) in [6.07, 6.45) is 3.22. The number of hydrogen-bond acceptors (Lipinski definition) is 5. The van der Waals surface area contributed by atoms with Crippen LogP contribution in [-0.2, 0) is 4.74 Å². The molecule has 0 aliphatic carbocycles. The molecule has 0 spiro atoms. The molecule has 20 heavy (non-hydrogen) atoms. The summed E-state index contributed by atoms with van der Waals surface area (Å²) in [5.74, 6) is 0. The van der Waals surface area contributed by atoms with Gasteiger partial charge in [0.15, 0.2) is 0 Å². The van der Waals surface area contributed by atoms with Crippen molar-refractivity contribution in [3.05, 3.63) is 24.0 Å². The summed E-state index contributed by atoms with van der Waals surface area (Å²) in [7, 11) is 1.94. The zero-order valence-electron chi connectivity index (χ0n) is 12.2. The number of nitrogens with zero attached hydrogens (tertiary/aromatic N) is 2. The fourth-order valence-electron chi connectivity index (χ4n) is 2.47. The number of pyridine rings is 1. The quantitative estimate of drug-likeness (QED) is 0.855. The smallest absolute Gasteiger partial charge is 0.0957 e. The molecule has 0 bridgehead atoms. The minimum atomic E-state index is -0.686. The van der Waals surface area contributed by atoms with Gasteiger partial charge in [-0.3, -0.25) is 4.98 Å². The molecule has 2 heterocycles. The Bertz CT molecular complexity index is 416. The molecule has 2 rings (SSSR count). The van der Waals surface area contributed by atoms with Gasteiger partial charge in [0.05, 0.1) is 29.3 Å². The van der Waals surface area contributed by atoms with Gasteiger partial charge in [0.25, 0.3) is 0 Å². The van der Waals surface area contributed by atoms with Crippen molar-refractivity contribution in [2.75, 3.05) is 31.7 Å². The first-order valence-electron chi connectivity index (χ1n) is 7.19. The predicted octanol–water partition coefficient (Wildman–Crippen LogP) is 1.50. The van der Waals surface area contributed by atoms with Crippen LogP contribution in [0.1, 0.15) is 38.0 Å². The Morgan fingerprint density at radius 2 is 2.10 bits per heavy atom. The fourth-order valence-corrected chi connectivity index (χ4v) is 2.47. The van der Waals surface area contributed by atoms with E-state index >= 15 is 0 Å². The lowest BCUT2D eigenvalue weighted by Gasteiger charge is -2.36. The molecule has 0 amide bonds. The third-order valence-corrected chi connectivity index (χ3v) is 3.89. The van der Waals surface area contributed by atoms with Gasteiger partial charge in [-0.15, -0.1) is 0 Å². The van der Waals surface area contributed by atoms with Gasteiger partial charge in [-0.05, 0) is 18.6 Å². The van der Waals surface area contributed by atoms with Crippen molar-refractivity contribution in [2.45, 2.75) is 37.9 Å². The monoisotopic (exact) mass is 280 g/mol. The lowest BCUT2D eigenvalue weighted by Crippen LogP contribution is -2.45. The predicted molar refractivity (Wildman–Crippen MR) is 77.8 cm³/mol. The third-order valence-electron chi connectivity index (χ3n) is 3.89. The van der Waals surface area contributed by atoms with Crippen molar-refractivity contribution in [3.8, 4) is 0 Å². The summed E-state index contributed by atoms with van der Waals surface area (Å²) < 4.78 is 5.29. The standard InChI is InChI=1S/C15H24N2O3/c1-3-14(18)13-5-4-12(10-16-13)17(2)11-15(19)6-8-20-9-7-15/h4-5,10,14,18-19H,3,6-9,11H2,1-2H3/t14-/m0/s1. The Hall–Kier alpha value is -1.17. The third kappa shape index (κ3) is 3.69. The van der Waals surface area contributed by atoms with Gasteiger partial charge in [-0.25, -0.2) is 0 Å². The van der Waals surface area contributed by atoms with Crippen molar-refractivity contribution < 1.29 is 14.9 Å². The molecule has 1 fully saturated rings. The summed E-state index contributed by atoms with van der Waals surface area (Å²) in [6, 6.07) is 3.78. The number of likely N-dealkylation sites (N-methyl/N-ethyl adjacent to an activating group) is 1. The van der Waals surface area contributed by atoms with Crippen LogP contribution in [0.5, 0.6) is 0 Å². The van der Waals surface area contributed by atoms with E-state index in [0.717, 1.165) is 5.69 Å². The number of aliphatic hydroxyl groups is 2. The van der Waals surface area contributed by atoms with Crippen LogP contribution in [0.3, 0.4) is 0 Å². The van der Waals surface area contributed by atoms with Crippen LogP contribution in [0.25, 0.3) is 0 Å². The topological polar surface area (TPSA) is 65.8 Å². The molecule has 1 aliphatic heterocycles. The largest absolute Gasteiger partial charge is 0.388 e. The first kappa shape index (κ1) is 15.2. The van der Waals surface area contributed by atoms with Gasteiger partial charge in [0, 0.05) is 39.6 Å². The molecule has 1 aromatic heterocycles. The zero-order chi connectivity index (χ0) is 14.6. The van der Waals surface area contributed by atoms with Gasteiger partial charge in [0.1, 0.15) is 0 Å². The van der Waals surface area contributed by atoms with E-state index in [2.05, 4.69) is 4.98 Å². The van der Waals surface area contributed by atoms with E-state index in [4.69, 9.17) is 4.74 Å². The van der Waals surface area contributed by atoms with Crippen LogP contribution in [0, 0.1) is 0 Å². The Morgan fingerprint density at radius 1 is 1.40 bits per heavy atom. The highest BCUT2D eigenvalue weighted by atomic mass is 16.5. The summed E-state index contributed by atoms with van der Waals surface area (Å²) in [5.41, 5.74) is 0.945. The van der Waals surface area contributed by atoms with E-state index < -0.39 is 11.7 Å². The summed E-state index contributed by atoms with van der Waals surface area (Å²) in [4.78, 5) is 6.29. The molecular weight excluding hydrogens is 256 g/mol. The van der Waals surface area contributed by atoms with Crippen molar-refractivity contribution in [1.82, 2.24) is 4.98 Å². The van der Waals surface area contributed by atoms with E-state index in [1.54, 1.807) is 6.20 Å². The van der Waals surface area contributed by atoms with Crippen molar-refractivity contribution in [3.63, 3.8) is 0 Å². The lowest BCUT2D eigenvalue weighted by molar-refractivity contribution is -0.0572. The number of anilines is 1. The minimum absolute atomic E-state index is 0.506. The van der Waals surface area contributed by atoms with Crippen molar-refractivity contribution >= 4 is 5.69 Å². The Balaban J connectivity index is 2.00. The molecule has 5 heteroatoms. The lowest BCUT2D eigenvalue weighted by atomic mass is 9.94. The summed E-state index contributed by atoms with van der Waals surface area (Å²) >= 11 is 0. The second kappa shape index (κ2) is 6.52. The van der Waals surface area contributed by atoms with Crippen molar-refractivity contribution in [2.24, 2.45) is 0 Å². The summed E-state index contributed by atoms with van der Waals surface area (Å²) in [6.45, 7) is 3.72. The molecule has 5 nitrogen and oxygen atoms in total. The molecule has 2 N–H and O–H groups in total. The number of aromatic nitrogens is 1. The Labute approximate surface area is 120 Å². The Kier molecular flexibility index (Phi) is 4.96. The van der Waals surface area contributed by atoms with Crippen LogP contribution in [0.2, 0.25) is 0 Å². The molecule has 1 aliphatic rings. The average Bonchev–Trinajstić information content (AvgIpc) is 2.47. The maximum absolute atomic E-state index is 10.5. The highest BCUT2D eigenvalue weighted by Crippen LogP contribution is 2.24. The van der Waals surface area contributed by atoms with E-state index in [9.17, 15) is 10.2 Å². The Morgan fingerprint density at radius 3 is 2.65 bits per heavy atom. The molecule has 0 radical (unpaired) electrons. The van der Waals surface area contributed by atoms with E-state index in [0.29, 0.717) is 44.7 Å². The zero-order valence-corrected chi connectivity index (χ0v) is 12.2. The first-order valence-corrected chi connectivity index (χ1v) is 7.19. The average molecular weight is 280 g/mol. The SMILES string of the molecule is CC[C@H](O)c1ccc(N(C)CC2(O)CCOCC2)cn1. The van der Waals surface area contributed by atoms with Crippen molar-refractivity contribution in [1.29, 1.82) is 0 Å². The molecule has 0 aromatic carbocycles. The maximum Gasteiger partial charge on any atom is 0.0957 e. The fraction of sp³-hybridized carbons (Fsp3) is 0.667. The van der Waals surface area contributed by atoms with Crippen LogP contribution in [0.4, 0.5) is 5.69 Å². The van der Waals surface area contributed by atoms with E-state index in [1.807, 2.05) is 31.0 Å². The molecule has 1 atom stereocenters. The van der Waals surface area contributed by atoms with E-state index in [-0.39, 0.29) is 0 Å². The number of hydrogen-bond donors (Lipinski definition) is 2. The van der Waals surface area contributed by atoms with Gasteiger partial charge < -0.3 is 19.8 Å². The minimum Gasteiger partial charge on any atom is -0.388 e. The number of ether oxygens (including phenoxy) is 1. The van der Waals surface area contributed by atoms with Crippen LogP contribution < -0.4 is 4.90 Å². The highest BCUT2D eigenvalue weighted by Gasteiger charge is 2.31. The van der Waals surface area contributed by atoms with Gasteiger partial charge in [-0.2, -0.15) is 0 Å². The van der Waals surface area contributed by atoms with Gasteiger partial charge in [0.2, 0.25) is 0 Å². The first-order chi connectivity index (χ1) is 9.54. The van der Waals surface area contributed by atoms with E-state index in [1.165, 1.54) is 0 Å². The highest BCUT2D eigenvalue weighted by molar-refractivity contribution is 5.44.